The largest absolute Gasteiger partial charge is 0.377 e. The normalized spacial score (nSPS) is 32.9. The van der Waals surface area contributed by atoms with Gasteiger partial charge in [0.25, 0.3) is 10.1 Å². The molecule has 9 heteroatoms. The Morgan fingerprint density at radius 2 is 1.83 bits per heavy atom. The molecule has 8 nitrogen and oxygen atoms in total. The van der Waals surface area contributed by atoms with Crippen molar-refractivity contribution in [2.75, 3.05) is 32.7 Å². The van der Waals surface area contributed by atoms with Crippen LogP contribution in [0.15, 0.2) is 41.3 Å². The molecule has 3 heterocycles. The second kappa shape index (κ2) is 9.28. The maximum absolute atomic E-state index is 13.3. The highest BCUT2D eigenvalue weighted by Gasteiger charge is 2.63. The molecule has 2 aromatic carbocycles. The zero-order chi connectivity index (χ0) is 24.8. The van der Waals surface area contributed by atoms with Gasteiger partial charge in [-0.2, -0.15) is 8.42 Å². The molecule has 0 aromatic heterocycles. The fourth-order valence-electron chi connectivity index (χ4n) is 6.20. The molecule has 1 saturated carbocycles. The van der Waals surface area contributed by atoms with Crippen LogP contribution in [0.2, 0.25) is 0 Å². The van der Waals surface area contributed by atoms with Crippen LogP contribution in [0, 0.1) is 11.8 Å². The Kier molecular flexibility index (Phi) is 6.61. The molecule has 192 valence electrons. The molecule has 0 unspecified atom stereocenters. The first kappa shape index (κ1) is 24.9. The van der Waals surface area contributed by atoms with Crippen LogP contribution < -0.4 is 4.90 Å². The van der Waals surface area contributed by atoms with Gasteiger partial charge >= 0.3 is 0 Å². The van der Waals surface area contributed by atoms with Gasteiger partial charge in [0.15, 0.2) is 11.9 Å². The van der Waals surface area contributed by atoms with Gasteiger partial charge in [-0.05, 0) is 56.6 Å². The molecule has 1 spiro atoms. The lowest BCUT2D eigenvalue weighted by atomic mass is 9.65. The van der Waals surface area contributed by atoms with Crippen LogP contribution in [-0.4, -0.2) is 53.9 Å². The molecule has 3 saturated heterocycles. The van der Waals surface area contributed by atoms with Crippen LogP contribution in [0.5, 0.6) is 0 Å². The van der Waals surface area contributed by atoms with E-state index in [9.17, 15) is 8.42 Å². The average Bonchev–Trinajstić information content (AvgIpc) is 3.07. The molecular weight excluding hydrogens is 470 g/mol. The van der Waals surface area contributed by atoms with E-state index in [1.807, 2.05) is 50.2 Å². The second-order valence-corrected chi connectivity index (χ2v) is 11.9. The molecule has 5 atom stereocenters. The van der Waals surface area contributed by atoms with E-state index in [4.69, 9.17) is 23.4 Å². The molecule has 3 aliphatic heterocycles. The molecule has 6 rings (SSSR count). The van der Waals surface area contributed by atoms with Gasteiger partial charge in [-0.15, -0.1) is 0 Å². The minimum Gasteiger partial charge on any atom is -0.377 e. The van der Waals surface area contributed by atoms with Gasteiger partial charge in [-0.3, -0.25) is 4.18 Å². The van der Waals surface area contributed by atoms with Crippen molar-refractivity contribution < 1.29 is 31.8 Å². The SMILES string of the molecule is CO[C@H]1O[C@]2(C)CC[C@H]3CCC[C@@H](CCOS(=O)(=O)c4cccc5c(N(C)C)cccc45)[C@]31OO2. The first-order chi connectivity index (χ1) is 16.7. The number of anilines is 1. The third kappa shape index (κ3) is 4.26. The number of hydrogen-bond donors (Lipinski definition) is 0. The predicted octanol–water partition coefficient (Wildman–Crippen LogP) is 4.62. The number of methoxy groups -OCH3 is 1. The molecule has 4 aliphatic rings. The first-order valence-electron chi connectivity index (χ1n) is 12.4. The van der Waals surface area contributed by atoms with E-state index in [0.717, 1.165) is 43.2 Å². The summed E-state index contributed by atoms with van der Waals surface area (Å²) in [5.74, 6) is -0.625. The Hall–Kier alpha value is -1.75. The van der Waals surface area contributed by atoms with E-state index >= 15 is 0 Å². The number of hydrogen-bond acceptors (Lipinski definition) is 8. The van der Waals surface area contributed by atoms with E-state index < -0.39 is 27.8 Å². The van der Waals surface area contributed by atoms with Crippen molar-refractivity contribution in [1.82, 2.24) is 0 Å². The lowest BCUT2D eigenvalue weighted by Gasteiger charge is -2.53. The molecule has 35 heavy (non-hydrogen) atoms. The first-order valence-corrected chi connectivity index (χ1v) is 13.8. The number of fused-ring (bicyclic) bond motifs is 4. The van der Waals surface area contributed by atoms with Crippen molar-refractivity contribution >= 4 is 26.6 Å². The van der Waals surface area contributed by atoms with Crippen molar-refractivity contribution in [3.05, 3.63) is 36.4 Å². The van der Waals surface area contributed by atoms with E-state index in [0.29, 0.717) is 11.8 Å². The Morgan fingerprint density at radius 3 is 2.60 bits per heavy atom. The average molecular weight is 506 g/mol. The Bertz CT molecular complexity index is 1190. The molecule has 2 bridgehead atoms. The standard InChI is InChI=1S/C26H35NO7S/c1-25-16-14-18-8-5-9-19(26(18,34-33-25)24(30-4)32-25)15-17-31-35(28,29)23-13-7-10-20-21(23)11-6-12-22(20)27(2)3/h6-7,10-13,18-19,24H,5,8-9,14-17H2,1-4H3/t18-,19+,24+,25+,26-/m1/s1. The molecule has 1 aliphatic carbocycles. The number of benzene rings is 2. The Balaban J connectivity index is 1.36. The second-order valence-electron chi connectivity index (χ2n) is 10.3. The maximum Gasteiger partial charge on any atom is 0.297 e. The van der Waals surface area contributed by atoms with Crippen molar-refractivity contribution in [2.24, 2.45) is 11.8 Å². The lowest BCUT2D eigenvalue weighted by Crippen LogP contribution is -2.63. The van der Waals surface area contributed by atoms with Crippen LogP contribution in [0.25, 0.3) is 10.8 Å². The van der Waals surface area contributed by atoms with Crippen molar-refractivity contribution in [3.8, 4) is 0 Å². The summed E-state index contributed by atoms with van der Waals surface area (Å²) >= 11 is 0. The van der Waals surface area contributed by atoms with Crippen LogP contribution in [-0.2, 0) is 33.6 Å². The summed E-state index contributed by atoms with van der Waals surface area (Å²) in [6, 6.07) is 10.9. The third-order valence-corrected chi connectivity index (χ3v) is 9.32. The fraction of sp³-hybridized carbons (Fsp3) is 0.615. The van der Waals surface area contributed by atoms with E-state index in [-0.39, 0.29) is 23.3 Å². The van der Waals surface area contributed by atoms with Gasteiger partial charge in [0.1, 0.15) is 4.90 Å². The smallest absolute Gasteiger partial charge is 0.297 e. The number of ether oxygens (including phenoxy) is 2. The molecule has 0 N–H and O–H groups in total. The summed E-state index contributed by atoms with van der Waals surface area (Å²) in [6.45, 7) is 1.92. The van der Waals surface area contributed by atoms with E-state index in [2.05, 4.69) is 0 Å². The summed E-state index contributed by atoms with van der Waals surface area (Å²) in [5.41, 5.74) is 0.184. The molecule has 4 fully saturated rings. The summed E-state index contributed by atoms with van der Waals surface area (Å²) in [6.07, 6.45) is 4.47. The monoisotopic (exact) mass is 505 g/mol. The van der Waals surface area contributed by atoms with Crippen molar-refractivity contribution in [1.29, 1.82) is 0 Å². The van der Waals surface area contributed by atoms with Gasteiger partial charge in [0.2, 0.25) is 5.79 Å². The van der Waals surface area contributed by atoms with Crippen LogP contribution >= 0.6 is 0 Å². The summed E-state index contributed by atoms with van der Waals surface area (Å²) in [4.78, 5) is 14.0. The molecule has 0 radical (unpaired) electrons. The predicted molar refractivity (Wildman–Crippen MR) is 131 cm³/mol. The lowest BCUT2D eigenvalue weighted by molar-refractivity contribution is -0.554. The zero-order valence-corrected chi connectivity index (χ0v) is 21.7. The van der Waals surface area contributed by atoms with E-state index in [1.165, 1.54) is 0 Å². The van der Waals surface area contributed by atoms with Crippen LogP contribution in [0.1, 0.15) is 45.4 Å². The minimum atomic E-state index is -3.97. The summed E-state index contributed by atoms with van der Waals surface area (Å²) < 4.78 is 44.1. The molecule has 0 amide bonds. The zero-order valence-electron chi connectivity index (χ0n) is 20.9. The maximum atomic E-state index is 13.3. The fourth-order valence-corrected chi connectivity index (χ4v) is 7.33. The van der Waals surface area contributed by atoms with Crippen molar-refractivity contribution in [2.45, 2.75) is 68.0 Å². The van der Waals surface area contributed by atoms with Gasteiger partial charge in [0, 0.05) is 44.1 Å². The highest BCUT2D eigenvalue weighted by molar-refractivity contribution is 7.87. The van der Waals surface area contributed by atoms with Gasteiger partial charge in [-0.25, -0.2) is 9.78 Å². The number of rotatable bonds is 7. The summed E-state index contributed by atoms with van der Waals surface area (Å²) in [5, 5.41) is 1.51. The van der Waals surface area contributed by atoms with Gasteiger partial charge < -0.3 is 14.4 Å². The van der Waals surface area contributed by atoms with Crippen LogP contribution in [0.4, 0.5) is 5.69 Å². The van der Waals surface area contributed by atoms with Gasteiger partial charge in [0.05, 0.1) is 6.61 Å². The highest BCUT2D eigenvalue weighted by Crippen LogP contribution is 2.55. The number of nitrogens with zero attached hydrogens (tertiary/aromatic N) is 1. The quantitative estimate of drug-likeness (QED) is 0.398. The highest BCUT2D eigenvalue weighted by atomic mass is 32.2. The minimum absolute atomic E-state index is 0.0167. The topological polar surface area (TPSA) is 83.5 Å². The Labute approximate surface area is 207 Å². The van der Waals surface area contributed by atoms with Gasteiger partial charge in [-0.1, -0.05) is 30.7 Å². The van der Waals surface area contributed by atoms with E-state index in [1.54, 1.807) is 19.2 Å². The van der Waals surface area contributed by atoms with Crippen molar-refractivity contribution in [3.63, 3.8) is 0 Å². The van der Waals surface area contributed by atoms with Crippen LogP contribution in [0.3, 0.4) is 0 Å². The molecule has 2 aromatic rings. The molecular formula is C26H35NO7S. The summed E-state index contributed by atoms with van der Waals surface area (Å²) in [7, 11) is 1.53. The Morgan fingerprint density at radius 1 is 1.06 bits per heavy atom. The third-order valence-electron chi connectivity index (χ3n) is 7.94.